The Labute approximate surface area is 151 Å². The largest absolute Gasteiger partial charge is 0.493 e. The van der Waals surface area contributed by atoms with E-state index in [1.165, 1.54) is 0 Å². The molecular formula is C19H23FN4O2. The van der Waals surface area contributed by atoms with Crippen molar-refractivity contribution in [1.29, 1.82) is 0 Å². The third-order valence-electron chi connectivity index (χ3n) is 5.16. The molecule has 1 saturated carbocycles. The number of para-hydroxylation sites is 1. The molecule has 0 bridgehead atoms. The van der Waals surface area contributed by atoms with E-state index < -0.39 is 6.67 Å². The zero-order chi connectivity index (χ0) is 18.1. The molecule has 0 unspecified atom stereocenters. The van der Waals surface area contributed by atoms with E-state index in [0.29, 0.717) is 42.8 Å². The number of carbonyl (C=O) groups excluding carboxylic acids is 1. The van der Waals surface area contributed by atoms with Crippen LogP contribution in [0.3, 0.4) is 0 Å². The van der Waals surface area contributed by atoms with Crippen molar-refractivity contribution >= 4 is 5.91 Å². The van der Waals surface area contributed by atoms with E-state index in [1.807, 2.05) is 19.1 Å². The number of rotatable bonds is 6. The van der Waals surface area contributed by atoms with Gasteiger partial charge in [0.15, 0.2) is 5.82 Å². The van der Waals surface area contributed by atoms with Gasteiger partial charge in [-0.3, -0.25) is 14.3 Å². The number of likely N-dealkylation sites (tertiary alicyclic amines) is 1. The Balaban J connectivity index is 1.53. The topological polar surface area (TPSA) is 71.1 Å². The maximum absolute atomic E-state index is 13.6. The zero-order valence-corrected chi connectivity index (χ0v) is 14.8. The van der Waals surface area contributed by atoms with Crippen LogP contribution in [0.2, 0.25) is 0 Å². The van der Waals surface area contributed by atoms with Gasteiger partial charge in [-0.05, 0) is 31.9 Å². The number of nitrogens with zero attached hydrogens (tertiary/aromatic N) is 3. The van der Waals surface area contributed by atoms with Crippen LogP contribution in [0.5, 0.6) is 5.75 Å². The highest BCUT2D eigenvalue weighted by Crippen LogP contribution is 2.39. The number of alkyl halides is 1. The fourth-order valence-electron chi connectivity index (χ4n) is 3.58. The quantitative estimate of drug-likeness (QED) is 0.862. The smallest absolute Gasteiger partial charge is 0.257 e. The molecule has 1 aliphatic carbocycles. The summed E-state index contributed by atoms with van der Waals surface area (Å²) >= 11 is 0. The Morgan fingerprint density at radius 2 is 2.15 bits per heavy atom. The lowest BCUT2D eigenvalue weighted by Crippen LogP contribution is -2.29. The van der Waals surface area contributed by atoms with Gasteiger partial charge in [-0.1, -0.05) is 12.1 Å². The van der Waals surface area contributed by atoms with Gasteiger partial charge in [-0.15, -0.1) is 0 Å². The highest BCUT2D eigenvalue weighted by Gasteiger charge is 2.39. The lowest BCUT2D eigenvalue weighted by atomic mass is 9.97. The normalized spacial score (nSPS) is 22.6. The summed E-state index contributed by atoms with van der Waals surface area (Å²) in [5.41, 5.74) is 0.517. The van der Waals surface area contributed by atoms with E-state index in [0.717, 1.165) is 18.7 Å². The van der Waals surface area contributed by atoms with Gasteiger partial charge in [0.1, 0.15) is 11.6 Å². The monoisotopic (exact) mass is 358 g/mol. The minimum Gasteiger partial charge on any atom is -0.493 e. The Morgan fingerprint density at radius 3 is 2.88 bits per heavy atom. The van der Waals surface area contributed by atoms with E-state index in [4.69, 9.17) is 4.74 Å². The number of benzene rings is 1. The number of H-pyrrole nitrogens is 1. The predicted octanol–water partition coefficient (Wildman–Crippen LogP) is 2.91. The number of nitrogens with one attached hydrogen (secondary N) is 1. The van der Waals surface area contributed by atoms with E-state index in [-0.39, 0.29) is 17.7 Å². The van der Waals surface area contributed by atoms with Gasteiger partial charge >= 0.3 is 0 Å². The van der Waals surface area contributed by atoms with Gasteiger partial charge in [0.05, 0.1) is 18.8 Å². The molecule has 1 aromatic heterocycles. The average molecular weight is 358 g/mol. The van der Waals surface area contributed by atoms with Crippen LogP contribution in [0.1, 0.15) is 53.6 Å². The van der Waals surface area contributed by atoms with Crippen LogP contribution in [0.25, 0.3) is 0 Å². The number of ether oxygens (including phenoxy) is 1. The summed E-state index contributed by atoms with van der Waals surface area (Å²) in [7, 11) is 0. The third-order valence-corrected chi connectivity index (χ3v) is 5.16. The van der Waals surface area contributed by atoms with Crippen molar-refractivity contribution in [2.24, 2.45) is 5.92 Å². The van der Waals surface area contributed by atoms with Gasteiger partial charge in [0, 0.05) is 30.8 Å². The minimum absolute atomic E-state index is 0.128. The molecule has 2 aromatic rings. The van der Waals surface area contributed by atoms with Crippen molar-refractivity contribution in [3.63, 3.8) is 0 Å². The number of aromatic nitrogens is 3. The molecule has 1 aliphatic heterocycles. The SMILES string of the molecule is CCOc1ccccc1C(=O)N1C[C@@H](CF)[C@H](c2nc(C3CC3)n[nH]2)C1. The Kier molecular flexibility index (Phi) is 4.61. The molecule has 26 heavy (non-hydrogen) atoms. The molecule has 1 saturated heterocycles. The fourth-order valence-corrected chi connectivity index (χ4v) is 3.58. The number of hydrogen-bond acceptors (Lipinski definition) is 4. The van der Waals surface area contributed by atoms with Crippen LogP contribution in [0.4, 0.5) is 4.39 Å². The van der Waals surface area contributed by atoms with Crippen molar-refractivity contribution in [2.45, 2.75) is 31.6 Å². The molecule has 0 spiro atoms. The number of halogens is 1. The zero-order valence-electron chi connectivity index (χ0n) is 14.8. The summed E-state index contributed by atoms with van der Waals surface area (Å²) in [5.74, 6) is 1.99. The summed E-state index contributed by atoms with van der Waals surface area (Å²) in [4.78, 5) is 19.3. The van der Waals surface area contributed by atoms with Crippen LogP contribution in [-0.4, -0.2) is 52.4 Å². The fraction of sp³-hybridized carbons (Fsp3) is 0.526. The number of amides is 1. The van der Waals surface area contributed by atoms with E-state index >= 15 is 0 Å². The molecule has 7 heteroatoms. The Bertz CT molecular complexity index is 789. The number of carbonyl (C=O) groups is 1. The van der Waals surface area contributed by atoms with Crippen molar-refractivity contribution in [1.82, 2.24) is 20.1 Å². The van der Waals surface area contributed by atoms with Crippen molar-refractivity contribution in [3.05, 3.63) is 41.5 Å². The first-order valence-electron chi connectivity index (χ1n) is 9.20. The van der Waals surface area contributed by atoms with Crippen LogP contribution >= 0.6 is 0 Å². The summed E-state index contributed by atoms with van der Waals surface area (Å²) in [6.07, 6.45) is 2.24. The molecule has 2 atom stereocenters. The highest BCUT2D eigenvalue weighted by atomic mass is 19.1. The minimum atomic E-state index is -0.485. The van der Waals surface area contributed by atoms with Gasteiger partial charge in [-0.2, -0.15) is 5.10 Å². The maximum atomic E-state index is 13.6. The Hall–Kier alpha value is -2.44. The van der Waals surface area contributed by atoms with Gasteiger partial charge in [0.25, 0.3) is 5.91 Å². The molecule has 4 rings (SSSR count). The Morgan fingerprint density at radius 1 is 1.35 bits per heavy atom. The van der Waals surface area contributed by atoms with Crippen molar-refractivity contribution < 1.29 is 13.9 Å². The summed E-state index contributed by atoms with van der Waals surface area (Å²) in [5, 5.41) is 7.25. The molecule has 1 aromatic carbocycles. The number of hydrogen-bond donors (Lipinski definition) is 1. The van der Waals surface area contributed by atoms with E-state index in [2.05, 4.69) is 15.2 Å². The van der Waals surface area contributed by atoms with Crippen LogP contribution in [0.15, 0.2) is 24.3 Å². The van der Waals surface area contributed by atoms with E-state index in [1.54, 1.807) is 17.0 Å². The van der Waals surface area contributed by atoms with Crippen LogP contribution < -0.4 is 4.74 Å². The molecule has 2 aliphatic rings. The summed E-state index contributed by atoms with van der Waals surface area (Å²) in [6.45, 7) is 2.70. The second-order valence-electron chi connectivity index (χ2n) is 7.01. The van der Waals surface area contributed by atoms with Crippen LogP contribution in [0, 0.1) is 5.92 Å². The average Bonchev–Trinajstić information content (AvgIpc) is 3.24. The summed E-state index contributed by atoms with van der Waals surface area (Å²) in [6, 6.07) is 7.20. The van der Waals surface area contributed by atoms with Gasteiger partial charge < -0.3 is 9.64 Å². The molecule has 1 amide bonds. The third kappa shape index (κ3) is 3.18. The maximum Gasteiger partial charge on any atom is 0.257 e. The summed E-state index contributed by atoms with van der Waals surface area (Å²) < 4.78 is 19.2. The second-order valence-corrected chi connectivity index (χ2v) is 7.01. The molecule has 0 radical (unpaired) electrons. The van der Waals surface area contributed by atoms with E-state index in [9.17, 15) is 9.18 Å². The van der Waals surface area contributed by atoms with Gasteiger partial charge in [0.2, 0.25) is 0 Å². The lowest BCUT2D eigenvalue weighted by Gasteiger charge is -2.18. The number of aromatic amines is 1. The first-order chi connectivity index (χ1) is 12.7. The molecule has 2 heterocycles. The molecule has 138 valence electrons. The van der Waals surface area contributed by atoms with Crippen LogP contribution in [-0.2, 0) is 0 Å². The predicted molar refractivity (Wildman–Crippen MR) is 94.1 cm³/mol. The first-order valence-corrected chi connectivity index (χ1v) is 9.20. The molecule has 1 N–H and O–H groups in total. The standard InChI is InChI=1S/C19H23FN4O2/c1-2-26-16-6-4-3-5-14(16)19(25)24-10-13(9-20)15(11-24)18-21-17(22-23-18)12-7-8-12/h3-6,12-13,15H,2,7-11H2,1H3,(H,21,22,23)/t13-,15-/m1/s1. The lowest BCUT2D eigenvalue weighted by molar-refractivity contribution is 0.0780. The highest BCUT2D eigenvalue weighted by molar-refractivity contribution is 5.97. The molecule has 6 nitrogen and oxygen atoms in total. The second kappa shape index (κ2) is 7.05. The van der Waals surface area contributed by atoms with Gasteiger partial charge in [-0.25, -0.2) is 4.98 Å². The van der Waals surface area contributed by atoms with Crippen molar-refractivity contribution in [3.8, 4) is 5.75 Å². The first kappa shape index (κ1) is 17.0. The van der Waals surface area contributed by atoms with Crippen molar-refractivity contribution in [2.75, 3.05) is 26.4 Å². The molecule has 2 fully saturated rings. The molecular weight excluding hydrogens is 335 g/mol.